The molecular formula is C31H26F3N5O5. The maximum atomic E-state index is 14.5. The highest BCUT2D eigenvalue weighted by Gasteiger charge is 2.30. The van der Waals surface area contributed by atoms with Gasteiger partial charge in [0, 0.05) is 24.5 Å². The molecule has 1 N–H and O–H groups in total. The van der Waals surface area contributed by atoms with Gasteiger partial charge in [0.25, 0.3) is 5.56 Å². The van der Waals surface area contributed by atoms with Crippen LogP contribution >= 0.6 is 0 Å². The van der Waals surface area contributed by atoms with Crippen LogP contribution < -0.4 is 15.0 Å². The molecule has 13 heteroatoms. The smallest absolute Gasteiger partial charge is 0.267 e. The van der Waals surface area contributed by atoms with Gasteiger partial charge in [-0.15, -0.1) is 0 Å². The van der Waals surface area contributed by atoms with Crippen molar-refractivity contribution in [3.8, 4) is 23.0 Å². The Balaban J connectivity index is 1.08. The van der Waals surface area contributed by atoms with Gasteiger partial charge in [-0.3, -0.25) is 14.7 Å². The first-order chi connectivity index (χ1) is 21.3. The number of nitrogens with one attached hydrogen (secondary N) is 1. The zero-order chi connectivity index (χ0) is 30.8. The molecule has 226 valence electrons. The fraction of sp³-hybridized carbons (Fsp3) is 0.258. The van der Waals surface area contributed by atoms with Crippen molar-refractivity contribution in [2.45, 2.75) is 44.6 Å². The standard InChI is InChI=1S/C31H26F3N5O5/c1-42-20-5-2-17(3-6-20)16-43-21-7-9-25(35-15-21)30-36-27(44-38-30)10-11-28(40)39-26-12-18(4-8-22(26)31(41)37-39)23-13-19(32)14-24(33)29(23)34/h2-3,5-7,9,13-15,18H,4,8,10-12,16H2,1H3,(H,37,41). The van der Waals surface area contributed by atoms with Crippen LogP contribution in [0.5, 0.6) is 11.5 Å². The number of halogens is 3. The van der Waals surface area contributed by atoms with Gasteiger partial charge < -0.3 is 14.0 Å². The van der Waals surface area contributed by atoms with Gasteiger partial charge in [-0.25, -0.2) is 22.8 Å². The van der Waals surface area contributed by atoms with Gasteiger partial charge in [0.2, 0.25) is 17.6 Å². The second kappa shape index (κ2) is 12.2. The van der Waals surface area contributed by atoms with Crippen molar-refractivity contribution in [3.63, 3.8) is 0 Å². The van der Waals surface area contributed by atoms with E-state index in [4.69, 9.17) is 14.0 Å². The molecule has 3 heterocycles. The van der Waals surface area contributed by atoms with E-state index < -0.39 is 34.8 Å². The fourth-order valence-corrected chi connectivity index (χ4v) is 5.25. The number of aromatic amines is 1. The number of hydrogen-bond donors (Lipinski definition) is 1. The molecule has 0 spiro atoms. The lowest BCUT2D eigenvalue weighted by Crippen LogP contribution is -2.22. The number of aromatic nitrogens is 5. The average Bonchev–Trinajstić information content (AvgIpc) is 3.65. The van der Waals surface area contributed by atoms with E-state index in [1.165, 1.54) is 0 Å². The first-order valence-electron chi connectivity index (χ1n) is 13.8. The summed E-state index contributed by atoms with van der Waals surface area (Å²) in [7, 11) is 1.60. The topological polar surface area (TPSA) is 125 Å². The molecule has 0 aliphatic heterocycles. The highest BCUT2D eigenvalue weighted by Crippen LogP contribution is 2.34. The molecule has 44 heavy (non-hydrogen) atoms. The number of methoxy groups -OCH3 is 1. The third-order valence-corrected chi connectivity index (χ3v) is 7.55. The Kier molecular flexibility index (Phi) is 8.01. The van der Waals surface area contributed by atoms with Crippen LogP contribution in [0, 0.1) is 17.5 Å². The minimum atomic E-state index is -1.28. The molecule has 0 saturated heterocycles. The fourth-order valence-electron chi connectivity index (χ4n) is 5.25. The van der Waals surface area contributed by atoms with Crippen LogP contribution in [-0.2, 0) is 25.9 Å². The lowest BCUT2D eigenvalue weighted by molar-refractivity contribution is 0.0878. The molecule has 1 unspecified atom stereocenters. The number of H-pyrrole nitrogens is 1. The van der Waals surface area contributed by atoms with Crippen LogP contribution in [0.4, 0.5) is 13.2 Å². The summed E-state index contributed by atoms with van der Waals surface area (Å²) in [6.07, 6.45) is 2.15. The number of benzene rings is 2. The maximum Gasteiger partial charge on any atom is 0.267 e. The quantitative estimate of drug-likeness (QED) is 0.228. The van der Waals surface area contributed by atoms with Crippen LogP contribution in [0.15, 0.2) is 64.0 Å². The number of pyridine rings is 1. The van der Waals surface area contributed by atoms with Crippen molar-refractivity contribution < 1.29 is 32.0 Å². The SMILES string of the molecule is COc1ccc(COc2ccc(-c3noc(CCC(=O)n4[nH]c(=O)c5c4CC(c4cc(F)cc(F)c4F)CC5)n3)nc2)cc1. The normalized spacial score (nSPS) is 14.3. The molecule has 5 aromatic rings. The Morgan fingerprint density at radius 2 is 1.91 bits per heavy atom. The molecule has 0 amide bonds. The van der Waals surface area contributed by atoms with Crippen molar-refractivity contribution >= 4 is 5.91 Å². The zero-order valence-electron chi connectivity index (χ0n) is 23.5. The number of rotatable bonds is 9. The van der Waals surface area contributed by atoms with Crippen molar-refractivity contribution in [1.82, 2.24) is 24.9 Å². The molecule has 0 saturated carbocycles. The van der Waals surface area contributed by atoms with Crippen LogP contribution in [0.25, 0.3) is 11.5 Å². The van der Waals surface area contributed by atoms with E-state index >= 15 is 0 Å². The predicted octanol–water partition coefficient (Wildman–Crippen LogP) is 5.17. The van der Waals surface area contributed by atoms with E-state index in [1.807, 2.05) is 24.3 Å². The summed E-state index contributed by atoms with van der Waals surface area (Å²) in [6.45, 7) is 0.349. The third-order valence-electron chi connectivity index (χ3n) is 7.55. The minimum absolute atomic E-state index is 0.0653. The summed E-state index contributed by atoms with van der Waals surface area (Å²) in [5, 5.41) is 6.48. The highest BCUT2D eigenvalue weighted by molar-refractivity contribution is 5.79. The lowest BCUT2D eigenvalue weighted by Gasteiger charge is -2.23. The first-order valence-corrected chi connectivity index (χ1v) is 13.8. The molecule has 3 aromatic heterocycles. The molecule has 6 rings (SSSR count). The van der Waals surface area contributed by atoms with Crippen molar-refractivity contribution in [2.24, 2.45) is 0 Å². The van der Waals surface area contributed by atoms with Gasteiger partial charge in [0.05, 0.1) is 19.0 Å². The van der Waals surface area contributed by atoms with E-state index in [0.717, 1.165) is 22.1 Å². The number of hydrogen-bond acceptors (Lipinski definition) is 8. The summed E-state index contributed by atoms with van der Waals surface area (Å²) in [6, 6.07) is 12.4. The van der Waals surface area contributed by atoms with Gasteiger partial charge in [0.15, 0.2) is 11.6 Å². The molecule has 10 nitrogen and oxygen atoms in total. The Labute approximate surface area is 248 Å². The van der Waals surface area contributed by atoms with E-state index in [1.54, 1.807) is 25.4 Å². The summed E-state index contributed by atoms with van der Waals surface area (Å²) >= 11 is 0. The van der Waals surface area contributed by atoms with E-state index in [2.05, 4.69) is 20.2 Å². The summed E-state index contributed by atoms with van der Waals surface area (Å²) in [5.74, 6) is -2.63. The number of carbonyl (C=O) groups is 1. The second-order valence-electron chi connectivity index (χ2n) is 10.4. The molecule has 0 fully saturated rings. The Morgan fingerprint density at radius 3 is 2.66 bits per heavy atom. The monoisotopic (exact) mass is 605 g/mol. The lowest BCUT2D eigenvalue weighted by atomic mass is 9.82. The number of aryl methyl sites for hydroxylation is 1. The first kappa shape index (κ1) is 28.9. The van der Waals surface area contributed by atoms with Crippen LogP contribution in [0.3, 0.4) is 0 Å². The van der Waals surface area contributed by atoms with Gasteiger partial charge in [-0.05, 0) is 66.6 Å². The Bertz CT molecular complexity index is 1870. The molecule has 0 bridgehead atoms. The molecule has 1 aliphatic carbocycles. The number of fused-ring (bicyclic) bond motifs is 1. The average molecular weight is 606 g/mol. The zero-order valence-corrected chi connectivity index (χ0v) is 23.5. The summed E-state index contributed by atoms with van der Waals surface area (Å²) in [4.78, 5) is 34.3. The van der Waals surface area contributed by atoms with Gasteiger partial charge in [0.1, 0.15) is 29.6 Å². The van der Waals surface area contributed by atoms with Crippen molar-refractivity contribution in [1.29, 1.82) is 0 Å². The maximum absolute atomic E-state index is 14.5. The number of carbonyl (C=O) groups excluding carboxylic acids is 1. The van der Waals surface area contributed by atoms with Gasteiger partial charge in [-0.1, -0.05) is 17.3 Å². The molecular weight excluding hydrogens is 579 g/mol. The van der Waals surface area contributed by atoms with E-state index in [-0.39, 0.29) is 43.0 Å². The number of nitrogens with zero attached hydrogens (tertiary/aromatic N) is 4. The van der Waals surface area contributed by atoms with Crippen LogP contribution in [0.1, 0.15) is 51.8 Å². The molecule has 0 radical (unpaired) electrons. The number of ether oxygens (including phenoxy) is 2. The van der Waals surface area contributed by atoms with Crippen LogP contribution in [-0.4, -0.2) is 37.9 Å². The van der Waals surface area contributed by atoms with Gasteiger partial charge in [-0.2, -0.15) is 4.98 Å². The van der Waals surface area contributed by atoms with E-state index in [0.29, 0.717) is 41.8 Å². The third kappa shape index (κ3) is 5.98. The highest BCUT2D eigenvalue weighted by atomic mass is 19.2. The molecule has 1 aliphatic rings. The largest absolute Gasteiger partial charge is 0.497 e. The minimum Gasteiger partial charge on any atom is -0.497 e. The molecule has 1 atom stereocenters. The summed E-state index contributed by atoms with van der Waals surface area (Å²) in [5.41, 5.74) is 1.62. The van der Waals surface area contributed by atoms with Gasteiger partial charge >= 0.3 is 0 Å². The van der Waals surface area contributed by atoms with E-state index in [9.17, 15) is 22.8 Å². The van der Waals surface area contributed by atoms with Crippen molar-refractivity contribution in [2.75, 3.05) is 7.11 Å². The van der Waals surface area contributed by atoms with Crippen molar-refractivity contribution in [3.05, 3.63) is 111 Å². The Hall–Kier alpha value is -5.20. The predicted molar refractivity (Wildman–Crippen MR) is 150 cm³/mol. The summed E-state index contributed by atoms with van der Waals surface area (Å²) < 4.78 is 59.5. The second-order valence-corrected chi connectivity index (χ2v) is 10.4. The Morgan fingerprint density at radius 1 is 1.11 bits per heavy atom. The van der Waals surface area contributed by atoms with Crippen LogP contribution in [0.2, 0.25) is 0 Å². The molecule has 2 aromatic carbocycles.